The van der Waals surface area contributed by atoms with Crippen molar-refractivity contribution >= 4 is 32.7 Å². The van der Waals surface area contributed by atoms with E-state index in [1.54, 1.807) is 34.8 Å². The van der Waals surface area contributed by atoms with Crippen molar-refractivity contribution in [3.8, 4) is 15.6 Å². The summed E-state index contributed by atoms with van der Waals surface area (Å²) < 4.78 is 32.9. The molecule has 3 rings (SSSR count). The molecule has 0 atom stereocenters. The fourth-order valence-corrected chi connectivity index (χ4v) is 5.27. The second-order valence-corrected chi connectivity index (χ2v) is 8.96. The van der Waals surface area contributed by atoms with Gasteiger partial charge in [-0.2, -0.15) is 0 Å². The second kappa shape index (κ2) is 7.65. The molecule has 0 aliphatic heterocycles. The maximum Gasteiger partial charge on any atom is 0.244 e. The van der Waals surface area contributed by atoms with Crippen LogP contribution in [0.2, 0.25) is 0 Å². The highest BCUT2D eigenvalue weighted by atomic mass is 32.2. The van der Waals surface area contributed by atoms with Crippen LogP contribution in [0.15, 0.2) is 46.0 Å². The number of benzene rings is 1. The number of thiophene rings is 1. The molecule has 1 aromatic carbocycles. The first-order chi connectivity index (χ1) is 12.0. The summed E-state index contributed by atoms with van der Waals surface area (Å²) in [6.45, 7) is 2.13. The van der Waals surface area contributed by atoms with Crippen molar-refractivity contribution in [2.75, 3.05) is 13.7 Å². The van der Waals surface area contributed by atoms with Gasteiger partial charge in [-0.25, -0.2) is 18.1 Å². The monoisotopic (exact) mass is 394 g/mol. The van der Waals surface area contributed by atoms with Crippen LogP contribution in [-0.2, 0) is 16.4 Å². The molecule has 25 heavy (non-hydrogen) atoms. The van der Waals surface area contributed by atoms with Crippen LogP contribution in [0.4, 0.5) is 0 Å². The average Bonchev–Trinajstić information content (AvgIpc) is 3.26. The predicted octanol–water partition coefficient (Wildman–Crippen LogP) is 3.71. The summed E-state index contributed by atoms with van der Waals surface area (Å²) in [5, 5.41) is 4.95. The standard InChI is InChI=1S/C17H18N2O3S3/c1-12-5-6-14(22-2)16(10-12)25(20,21)18-8-7-13-11-24-17(19-13)15-4-3-9-23-15/h3-6,9-11,18H,7-8H2,1-2H3. The van der Waals surface area contributed by atoms with Gasteiger partial charge in [0, 0.05) is 18.3 Å². The van der Waals surface area contributed by atoms with Gasteiger partial charge in [0.25, 0.3) is 0 Å². The lowest BCUT2D eigenvalue weighted by Gasteiger charge is -2.11. The SMILES string of the molecule is COc1ccc(C)cc1S(=O)(=O)NCCc1csc(-c2cccs2)n1. The van der Waals surface area contributed by atoms with Crippen molar-refractivity contribution in [3.63, 3.8) is 0 Å². The van der Waals surface area contributed by atoms with Gasteiger partial charge in [0.1, 0.15) is 15.7 Å². The highest BCUT2D eigenvalue weighted by Gasteiger charge is 2.19. The van der Waals surface area contributed by atoms with Gasteiger partial charge in [-0.1, -0.05) is 12.1 Å². The first-order valence-electron chi connectivity index (χ1n) is 7.62. The largest absolute Gasteiger partial charge is 0.495 e. The number of aryl methyl sites for hydroxylation is 1. The number of methoxy groups -OCH3 is 1. The maximum atomic E-state index is 12.5. The van der Waals surface area contributed by atoms with E-state index < -0.39 is 10.0 Å². The maximum absolute atomic E-state index is 12.5. The Bertz CT molecular complexity index is 947. The summed E-state index contributed by atoms with van der Waals surface area (Å²) in [6.07, 6.45) is 0.537. The molecular weight excluding hydrogens is 376 g/mol. The quantitative estimate of drug-likeness (QED) is 0.663. The van der Waals surface area contributed by atoms with E-state index in [4.69, 9.17) is 4.74 Å². The van der Waals surface area contributed by atoms with Crippen molar-refractivity contribution in [2.45, 2.75) is 18.2 Å². The molecule has 1 N–H and O–H groups in total. The highest BCUT2D eigenvalue weighted by Crippen LogP contribution is 2.28. The van der Waals surface area contributed by atoms with Gasteiger partial charge >= 0.3 is 0 Å². The van der Waals surface area contributed by atoms with E-state index in [1.807, 2.05) is 35.9 Å². The number of thiazole rings is 1. The number of nitrogens with zero attached hydrogens (tertiary/aromatic N) is 1. The minimum absolute atomic E-state index is 0.160. The van der Waals surface area contributed by atoms with E-state index in [2.05, 4.69) is 9.71 Å². The molecule has 0 spiro atoms. The Hall–Kier alpha value is -1.74. The number of nitrogens with one attached hydrogen (secondary N) is 1. The van der Waals surface area contributed by atoms with Crippen LogP contribution in [0.5, 0.6) is 5.75 Å². The molecular formula is C17H18N2O3S3. The smallest absolute Gasteiger partial charge is 0.244 e. The number of aromatic nitrogens is 1. The third-order valence-electron chi connectivity index (χ3n) is 3.57. The normalized spacial score (nSPS) is 11.6. The van der Waals surface area contributed by atoms with Crippen molar-refractivity contribution in [3.05, 3.63) is 52.3 Å². The van der Waals surface area contributed by atoms with Crippen LogP contribution >= 0.6 is 22.7 Å². The Morgan fingerprint density at radius 3 is 2.80 bits per heavy atom. The molecule has 0 aliphatic carbocycles. The first kappa shape index (κ1) is 18.1. The molecule has 132 valence electrons. The van der Waals surface area contributed by atoms with Crippen molar-refractivity contribution < 1.29 is 13.2 Å². The molecule has 5 nitrogen and oxygen atoms in total. The zero-order valence-electron chi connectivity index (χ0n) is 13.9. The van der Waals surface area contributed by atoms with Crippen LogP contribution in [0.25, 0.3) is 9.88 Å². The van der Waals surface area contributed by atoms with E-state index in [-0.39, 0.29) is 11.4 Å². The third kappa shape index (κ3) is 4.27. The molecule has 8 heteroatoms. The van der Waals surface area contributed by atoms with Crippen LogP contribution in [0, 0.1) is 6.92 Å². The van der Waals surface area contributed by atoms with E-state index in [9.17, 15) is 8.42 Å². The van der Waals surface area contributed by atoms with Gasteiger partial charge in [-0.05, 0) is 36.1 Å². The number of rotatable bonds is 7. The highest BCUT2D eigenvalue weighted by molar-refractivity contribution is 7.89. The fraction of sp³-hybridized carbons (Fsp3) is 0.235. The zero-order valence-corrected chi connectivity index (χ0v) is 16.3. The summed E-state index contributed by atoms with van der Waals surface area (Å²) in [4.78, 5) is 5.85. The summed E-state index contributed by atoms with van der Waals surface area (Å²) in [6, 6.07) is 9.11. The van der Waals surface area contributed by atoms with E-state index in [1.165, 1.54) is 7.11 Å². The third-order valence-corrected chi connectivity index (χ3v) is 6.98. The molecule has 0 aliphatic rings. The number of hydrogen-bond acceptors (Lipinski definition) is 6. The Morgan fingerprint density at radius 1 is 1.24 bits per heavy atom. The Kier molecular flexibility index (Phi) is 5.53. The lowest BCUT2D eigenvalue weighted by Crippen LogP contribution is -2.26. The van der Waals surface area contributed by atoms with Gasteiger partial charge in [-0.3, -0.25) is 0 Å². The van der Waals surface area contributed by atoms with Crippen molar-refractivity contribution in [1.82, 2.24) is 9.71 Å². The fourth-order valence-electron chi connectivity index (χ4n) is 2.32. The van der Waals surface area contributed by atoms with Crippen LogP contribution in [0.3, 0.4) is 0 Å². The van der Waals surface area contributed by atoms with Gasteiger partial charge in [-0.15, -0.1) is 22.7 Å². The Labute approximate surface area is 155 Å². The lowest BCUT2D eigenvalue weighted by molar-refractivity contribution is 0.402. The summed E-state index contributed by atoms with van der Waals surface area (Å²) in [5.41, 5.74) is 1.74. The number of hydrogen-bond donors (Lipinski definition) is 1. The van der Waals surface area contributed by atoms with E-state index in [0.29, 0.717) is 12.2 Å². The van der Waals surface area contributed by atoms with Gasteiger partial charge in [0.05, 0.1) is 17.7 Å². The van der Waals surface area contributed by atoms with Gasteiger partial charge in [0.2, 0.25) is 10.0 Å². The van der Waals surface area contributed by atoms with Gasteiger partial charge in [0.15, 0.2) is 0 Å². The van der Waals surface area contributed by atoms with Crippen molar-refractivity contribution in [1.29, 1.82) is 0 Å². The Balaban J connectivity index is 1.66. The van der Waals surface area contributed by atoms with Crippen LogP contribution in [0.1, 0.15) is 11.3 Å². The zero-order chi connectivity index (χ0) is 17.9. The molecule has 0 unspecified atom stereocenters. The van der Waals surface area contributed by atoms with E-state index in [0.717, 1.165) is 21.1 Å². The Morgan fingerprint density at radius 2 is 2.08 bits per heavy atom. The molecule has 0 saturated carbocycles. The molecule has 0 amide bonds. The topological polar surface area (TPSA) is 68.3 Å². The minimum atomic E-state index is -3.63. The summed E-state index contributed by atoms with van der Waals surface area (Å²) >= 11 is 3.21. The second-order valence-electron chi connectivity index (χ2n) is 5.42. The van der Waals surface area contributed by atoms with Crippen LogP contribution in [-0.4, -0.2) is 27.1 Å². The molecule has 0 saturated heterocycles. The summed E-state index contributed by atoms with van der Waals surface area (Å²) in [5.74, 6) is 0.340. The molecule has 2 aromatic heterocycles. The van der Waals surface area contributed by atoms with Crippen molar-refractivity contribution in [2.24, 2.45) is 0 Å². The van der Waals surface area contributed by atoms with Gasteiger partial charge < -0.3 is 4.74 Å². The van der Waals surface area contributed by atoms with E-state index >= 15 is 0 Å². The molecule has 2 heterocycles. The number of ether oxygens (including phenoxy) is 1. The lowest BCUT2D eigenvalue weighted by atomic mass is 10.2. The average molecular weight is 395 g/mol. The number of sulfonamides is 1. The molecule has 0 bridgehead atoms. The minimum Gasteiger partial charge on any atom is -0.495 e. The first-order valence-corrected chi connectivity index (χ1v) is 10.9. The summed E-state index contributed by atoms with van der Waals surface area (Å²) in [7, 11) is -2.17. The molecule has 3 aromatic rings. The predicted molar refractivity (Wildman–Crippen MR) is 102 cm³/mol. The molecule has 0 fully saturated rings. The van der Waals surface area contributed by atoms with Crippen LogP contribution < -0.4 is 9.46 Å². The molecule has 0 radical (unpaired) electrons.